The van der Waals surface area contributed by atoms with Gasteiger partial charge in [0.2, 0.25) is 0 Å². The molecule has 0 saturated heterocycles. The Balaban J connectivity index is 2.02. The number of hydrogen-bond donors (Lipinski definition) is 1. The van der Waals surface area contributed by atoms with Crippen LogP contribution in [0.15, 0.2) is 34.4 Å². The Morgan fingerprint density at radius 3 is 3.00 bits per heavy atom. The topological polar surface area (TPSA) is 30.9 Å². The van der Waals surface area contributed by atoms with E-state index in [1.165, 1.54) is 10.4 Å². The molecule has 2 aromatic heterocycles. The molecule has 0 fully saturated rings. The number of rotatable bonds is 4. The summed E-state index contributed by atoms with van der Waals surface area (Å²) in [6.07, 6.45) is 5.24. The van der Waals surface area contributed by atoms with E-state index in [0.29, 0.717) is 0 Å². The van der Waals surface area contributed by atoms with Gasteiger partial charge in [-0.2, -0.15) is 0 Å². The summed E-state index contributed by atoms with van der Waals surface area (Å²) in [5.74, 6) is 0. The predicted octanol–water partition coefficient (Wildman–Crippen LogP) is 3.25. The molecule has 2 rings (SSSR count). The van der Waals surface area contributed by atoms with Crippen molar-refractivity contribution in [2.24, 2.45) is 5.73 Å². The summed E-state index contributed by atoms with van der Waals surface area (Å²) in [7, 11) is 0. The van der Waals surface area contributed by atoms with Crippen molar-refractivity contribution in [3.63, 3.8) is 0 Å². The second-order valence-electron chi connectivity index (χ2n) is 4.10. The van der Waals surface area contributed by atoms with Gasteiger partial charge in [-0.05, 0) is 47.0 Å². The molecule has 16 heavy (non-hydrogen) atoms. The van der Waals surface area contributed by atoms with Gasteiger partial charge in [-0.1, -0.05) is 0 Å². The highest BCUT2D eigenvalue weighted by atomic mass is 79.9. The van der Waals surface area contributed by atoms with Crippen molar-refractivity contribution < 1.29 is 0 Å². The second kappa shape index (κ2) is 5.17. The van der Waals surface area contributed by atoms with Crippen LogP contribution in [0.1, 0.15) is 17.4 Å². The molecule has 0 aliphatic heterocycles. The van der Waals surface area contributed by atoms with Gasteiger partial charge in [0.25, 0.3) is 0 Å². The second-order valence-corrected chi connectivity index (χ2v) is 6.02. The minimum Gasteiger partial charge on any atom is -0.349 e. The van der Waals surface area contributed by atoms with E-state index in [1.54, 1.807) is 11.3 Å². The summed E-state index contributed by atoms with van der Waals surface area (Å²) in [5.41, 5.74) is 7.09. The Hall–Kier alpha value is -0.580. The van der Waals surface area contributed by atoms with E-state index in [9.17, 15) is 0 Å². The summed E-state index contributed by atoms with van der Waals surface area (Å²) in [4.78, 5) is 1.36. The summed E-state index contributed by atoms with van der Waals surface area (Å²) in [6.45, 7) is 2.98. The SMILES string of the molecule is CC(N)Cc1ccn(Cc2cc(Br)cs2)c1. The van der Waals surface area contributed by atoms with Crippen LogP contribution in [0.4, 0.5) is 0 Å². The smallest absolute Gasteiger partial charge is 0.0564 e. The first-order valence-electron chi connectivity index (χ1n) is 5.26. The molecule has 0 aliphatic rings. The summed E-state index contributed by atoms with van der Waals surface area (Å²) in [5, 5.41) is 2.11. The van der Waals surface area contributed by atoms with E-state index in [4.69, 9.17) is 5.73 Å². The molecular formula is C12H15BrN2S. The average Bonchev–Trinajstić information content (AvgIpc) is 2.76. The van der Waals surface area contributed by atoms with Crippen LogP contribution >= 0.6 is 27.3 Å². The minimum absolute atomic E-state index is 0.228. The molecule has 1 atom stereocenters. The number of thiophene rings is 1. The maximum absolute atomic E-state index is 5.78. The number of halogens is 1. The Labute approximate surface area is 108 Å². The molecule has 0 spiro atoms. The fraction of sp³-hybridized carbons (Fsp3) is 0.333. The zero-order chi connectivity index (χ0) is 11.5. The lowest BCUT2D eigenvalue weighted by Gasteiger charge is -2.02. The lowest BCUT2D eigenvalue weighted by atomic mass is 10.1. The number of aromatic nitrogens is 1. The average molecular weight is 299 g/mol. The van der Waals surface area contributed by atoms with E-state index >= 15 is 0 Å². The van der Waals surface area contributed by atoms with Crippen molar-refractivity contribution >= 4 is 27.3 Å². The highest BCUT2D eigenvalue weighted by Crippen LogP contribution is 2.20. The van der Waals surface area contributed by atoms with E-state index in [2.05, 4.69) is 50.4 Å². The molecule has 1 unspecified atom stereocenters. The Kier molecular flexibility index (Phi) is 3.84. The van der Waals surface area contributed by atoms with Crippen LogP contribution < -0.4 is 5.73 Å². The molecule has 0 radical (unpaired) electrons. The Bertz CT molecular complexity index is 459. The lowest BCUT2D eigenvalue weighted by molar-refractivity contribution is 0.732. The number of nitrogens with two attached hydrogens (primary N) is 1. The number of nitrogens with zero attached hydrogens (tertiary/aromatic N) is 1. The molecule has 86 valence electrons. The zero-order valence-corrected chi connectivity index (χ0v) is 11.6. The van der Waals surface area contributed by atoms with Crippen LogP contribution in [0.2, 0.25) is 0 Å². The van der Waals surface area contributed by atoms with Gasteiger partial charge in [0, 0.05) is 33.2 Å². The normalized spacial score (nSPS) is 12.9. The highest BCUT2D eigenvalue weighted by Gasteiger charge is 2.02. The Morgan fingerprint density at radius 2 is 2.38 bits per heavy atom. The van der Waals surface area contributed by atoms with Gasteiger partial charge in [0.15, 0.2) is 0 Å². The molecule has 0 bridgehead atoms. The summed E-state index contributed by atoms with van der Waals surface area (Å²) < 4.78 is 3.37. The maximum Gasteiger partial charge on any atom is 0.0564 e. The molecule has 0 amide bonds. The van der Waals surface area contributed by atoms with E-state index in [1.807, 2.05) is 6.92 Å². The quantitative estimate of drug-likeness (QED) is 0.923. The zero-order valence-electron chi connectivity index (χ0n) is 9.19. The monoisotopic (exact) mass is 298 g/mol. The van der Waals surface area contributed by atoms with E-state index < -0.39 is 0 Å². The van der Waals surface area contributed by atoms with Crippen LogP contribution in [0.25, 0.3) is 0 Å². The largest absolute Gasteiger partial charge is 0.349 e. The van der Waals surface area contributed by atoms with Crippen molar-refractivity contribution in [2.45, 2.75) is 25.9 Å². The molecule has 2 nitrogen and oxygen atoms in total. The molecule has 0 aromatic carbocycles. The third-order valence-electron chi connectivity index (χ3n) is 2.33. The predicted molar refractivity (Wildman–Crippen MR) is 72.9 cm³/mol. The summed E-state index contributed by atoms with van der Waals surface area (Å²) >= 11 is 5.24. The van der Waals surface area contributed by atoms with E-state index in [-0.39, 0.29) is 6.04 Å². The molecular weight excluding hydrogens is 284 g/mol. The van der Waals surface area contributed by atoms with Gasteiger partial charge < -0.3 is 10.3 Å². The van der Waals surface area contributed by atoms with E-state index in [0.717, 1.165) is 17.4 Å². The van der Waals surface area contributed by atoms with Crippen molar-refractivity contribution in [3.05, 3.63) is 44.8 Å². The molecule has 2 aromatic rings. The van der Waals surface area contributed by atoms with Gasteiger partial charge in [-0.15, -0.1) is 11.3 Å². The fourth-order valence-electron chi connectivity index (χ4n) is 1.70. The molecule has 2 N–H and O–H groups in total. The highest BCUT2D eigenvalue weighted by molar-refractivity contribution is 9.10. The van der Waals surface area contributed by atoms with Gasteiger partial charge in [0.1, 0.15) is 0 Å². The molecule has 4 heteroatoms. The molecule has 0 saturated carbocycles. The van der Waals surface area contributed by atoms with Crippen molar-refractivity contribution in [1.29, 1.82) is 0 Å². The maximum atomic E-state index is 5.78. The third kappa shape index (κ3) is 3.20. The van der Waals surface area contributed by atoms with Crippen molar-refractivity contribution in [2.75, 3.05) is 0 Å². The van der Waals surface area contributed by atoms with Gasteiger partial charge in [0.05, 0.1) is 6.54 Å². The van der Waals surface area contributed by atoms with Gasteiger partial charge in [-0.25, -0.2) is 0 Å². The van der Waals surface area contributed by atoms with Crippen LogP contribution in [0.5, 0.6) is 0 Å². The van der Waals surface area contributed by atoms with Gasteiger partial charge in [-0.3, -0.25) is 0 Å². The lowest BCUT2D eigenvalue weighted by Crippen LogP contribution is -2.17. The standard InChI is InChI=1S/C12H15BrN2S/c1-9(14)4-10-2-3-15(6-10)7-12-5-11(13)8-16-12/h2-3,5-6,8-9H,4,7,14H2,1H3. The van der Waals surface area contributed by atoms with Crippen LogP contribution in [-0.4, -0.2) is 10.6 Å². The summed E-state index contributed by atoms with van der Waals surface area (Å²) in [6, 6.07) is 4.54. The minimum atomic E-state index is 0.228. The van der Waals surface area contributed by atoms with Crippen molar-refractivity contribution in [1.82, 2.24) is 4.57 Å². The fourth-order valence-corrected chi connectivity index (χ4v) is 3.16. The first kappa shape index (κ1) is 11.9. The van der Waals surface area contributed by atoms with Crippen LogP contribution in [0, 0.1) is 0 Å². The molecule has 2 heterocycles. The first-order valence-corrected chi connectivity index (χ1v) is 6.94. The van der Waals surface area contributed by atoms with Crippen molar-refractivity contribution in [3.8, 4) is 0 Å². The molecule has 0 aliphatic carbocycles. The third-order valence-corrected chi connectivity index (χ3v) is 4.01. The van der Waals surface area contributed by atoms with Gasteiger partial charge >= 0.3 is 0 Å². The Morgan fingerprint density at radius 1 is 1.56 bits per heavy atom. The van der Waals surface area contributed by atoms with Crippen LogP contribution in [-0.2, 0) is 13.0 Å². The number of hydrogen-bond acceptors (Lipinski definition) is 2. The van der Waals surface area contributed by atoms with Crippen LogP contribution in [0.3, 0.4) is 0 Å². The first-order chi connectivity index (χ1) is 7.63.